The monoisotopic (exact) mass is 434 g/mol. The number of hydrogen-bond acceptors (Lipinski definition) is 7. The molecule has 0 saturated carbocycles. The Balaban J connectivity index is 1.82. The van der Waals surface area contributed by atoms with Crippen molar-refractivity contribution < 1.29 is 24.2 Å². The summed E-state index contributed by atoms with van der Waals surface area (Å²) in [5, 5.41) is 23.1. The minimum Gasteiger partial charge on any atom is -0.454 e. The van der Waals surface area contributed by atoms with Gasteiger partial charge >= 0.3 is 0 Å². The molecule has 3 aliphatic rings. The van der Waals surface area contributed by atoms with Crippen molar-refractivity contribution in [2.75, 3.05) is 32.7 Å². The third-order valence-electron chi connectivity index (χ3n) is 6.34. The number of para-hydroxylation sites is 1. The minimum absolute atomic E-state index is 0.0117. The summed E-state index contributed by atoms with van der Waals surface area (Å²) in [6.07, 6.45) is -0.614. The topological polar surface area (TPSA) is 115 Å². The zero-order chi connectivity index (χ0) is 22.6. The Morgan fingerprint density at radius 2 is 2.09 bits per heavy atom. The van der Waals surface area contributed by atoms with Crippen LogP contribution in [0.3, 0.4) is 0 Å². The van der Waals surface area contributed by atoms with Gasteiger partial charge in [0.1, 0.15) is 0 Å². The van der Waals surface area contributed by atoms with Gasteiger partial charge in [0.2, 0.25) is 12.7 Å². The van der Waals surface area contributed by atoms with Crippen LogP contribution in [0.2, 0.25) is 0 Å². The number of rotatable bonds is 3. The number of nitrogens with zero attached hydrogens (tertiary/aromatic N) is 3. The first-order chi connectivity index (χ1) is 15.4. The van der Waals surface area contributed by atoms with Crippen molar-refractivity contribution in [1.29, 1.82) is 5.26 Å². The zero-order valence-electron chi connectivity index (χ0n) is 17.7. The summed E-state index contributed by atoms with van der Waals surface area (Å²) in [7, 11) is 3.29. The predicted molar refractivity (Wildman–Crippen MR) is 113 cm³/mol. The minimum atomic E-state index is -1.49. The van der Waals surface area contributed by atoms with Gasteiger partial charge in [0.05, 0.1) is 23.8 Å². The molecule has 2 aromatic rings. The van der Waals surface area contributed by atoms with Gasteiger partial charge in [0.15, 0.2) is 17.0 Å². The lowest BCUT2D eigenvalue weighted by Crippen LogP contribution is -2.57. The highest BCUT2D eigenvalue weighted by atomic mass is 16.7. The second-order valence-electron chi connectivity index (χ2n) is 8.37. The molecular weight excluding hydrogens is 412 g/mol. The van der Waals surface area contributed by atoms with E-state index in [9.17, 15) is 20.0 Å². The normalized spacial score (nSPS) is 25.9. The van der Waals surface area contributed by atoms with Crippen LogP contribution in [0.5, 0.6) is 11.5 Å². The van der Waals surface area contributed by atoms with Gasteiger partial charge in [-0.25, -0.2) is 0 Å². The number of nitrogens with one attached hydrogen (secondary N) is 1. The maximum Gasteiger partial charge on any atom is 0.254 e. The summed E-state index contributed by atoms with van der Waals surface area (Å²) in [5.41, 5.74) is 0.475. The van der Waals surface area contributed by atoms with Gasteiger partial charge < -0.3 is 24.8 Å². The second-order valence-corrected chi connectivity index (χ2v) is 8.37. The lowest BCUT2D eigenvalue weighted by molar-refractivity contribution is -0.138. The number of ether oxygens (including phenoxy) is 2. The Morgan fingerprint density at radius 1 is 1.28 bits per heavy atom. The molecule has 164 valence electrons. The largest absolute Gasteiger partial charge is 0.454 e. The van der Waals surface area contributed by atoms with Gasteiger partial charge in [-0.15, -0.1) is 0 Å². The highest BCUT2D eigenvalue weighted by Gasteiger charge is 2.60. The first kappa shape index (κ1) is 20.3. The molecule has 0 aromatic heterocycles. The van der Waals surface area contributed by atoms with E-state index in [1.165, 1.54) is 4.90 Å². The number of anilines is 1. The van der Waals surface area contributed by atoms with Gasteiger partial charge in [-0.2, -0.15) is 5.26 Å². The van der Waals surface area contributed by atoms with Gasteiger partial charge in [-0.05, 0) is 30.7 Å². The van der Waals surface area contributed by atoms with Crippen LogP contribution in [0.4, 0.5) is 5.69 Å². The molecule has 0 aliphatic carbocycles. The molecule has 2 N–H and O–H groups in total. The van der Waals surface area contributed by atoms with E-state index >= 15 is 0 Å². The molecule has 1 unspecified atom stereocenters. The molecule has 5 rings (SSSR count). The van der Waals surface area contributed by atoms with Gasteiger partial charge in [0, 0.05) is 37.5 Å². The fourth-order valence-corrected chi connectivity index (χ4v) is 5.00. The van der Waals surface area contributed by atoms with Crippen LogP contribution in [0.15, 0.2) is 36.4 Å². The van der Waals surface area contributed by atoms with E-state index in [4.69, 9.17) is 9.47 Å². The van der Waals surface area contributed by atoms with E-state index in [0.29, 0.717) is 33.9 Å². The number of nitriles is 1. The van der Waals surface area contributed by atoms with Crippen molar-refractivity contribution in [3.05, 3.63) is 53.1 Å². The molecule has 9 nitrogen and oxygen atoms in total. The molecule has 0 bridgehead atoms. The van der Waals surface area contributed by atoms with Crippen LogP contribution < -0.4 is 14.8 Å². The van der Waals surface area contributed by atoms with Crippen molar-refractivity contribution in [3.8, 4) is 17.6 Å². The number of likely N-dealkylation sites (tertiary alicyclic amines) is 1. The van der Waals surface area contributed by atoms with Crippen molar-refractivity contribution in [3.63, 3.8) is 0 Å². The molecule has 32 heavy (non-hydrogen) atoms. The van der Waals surface area contributed by atoms with Gasteiger partial charge in [0.25, 0.3) is 5.91 Å². The Bertz CT molecular complexity index is 1170. The van der Waals surface area contributed by atoms with E-state index in [1.807, 2.05) is 0 Å². The summed E-state index contributed by atoms with van der Waals surface area (Å²) in [5.74, 6) is 0.311. The molecule has 9 heteroatoms. The molecule has 0 radical (unpaired) electrons. The van der Waals surface area contributed by atoms with E-state index < -0.39 is 17.7 Å². The quantitative estimate of drug-likeness (QED) is 0.741. The smallest absolute Gasteiger partial charge is 0.254 e. The van der Waals surface area contributed by atoms with Crippen LogP contribution >= 0.6 is 0 Å². The fourth-order valence-electron chi connectivity index (χ4n) is 5.00. The number of benzene rings is 2. The number of hydrogen-bond donors (Lipinski definition) is 2. The standard InChI is InChI=1S/C23H22N4O5/c1-26(2)21(29)18-9-14(28)11-27(18)23(15-4-3-5-19-20(15)32-12-31-19)16-8-13(10-24)6-7-17(16)25-22(23)30/h3-8,14,18,28H,9,11-12H2,1-2H3,(H,25,30)/t14-,18+,23?/m1/s1. The molecule has 2 amide bonds. The number of likely N-dealkylation sites (N-methyl/N-ethyl adjacent to an activating group) is 1. The van der Waals surface area contributed by atoms with Crippen molar-refractivity contribution in [1.82, 2.24) is 9.80 Å². The lowest BCUT2D eigenvalue weighted by Gasteiger charge is -2.41. The molecule has 3 heterocycles. The number of carbonyl (C=O) groups is 2. The third kappa shape index (κ3) is 2.70. The molecule has 1 saturated heterocycles. The summed E-state index contributed by atoms with van der Waals surface area (Å²) >= 11 is 0. The first-order valence-corrected chi connectivity index (χ1v) is 10.3. The summed E-state index contributed by atoms with van der Waals surface area (Å²) < 4.78 is 11.3. The Labute approximate surface area is 184 Å². The fraction of sp³-hybridized carbons (Fsp3) is 0.348. The van der Waals surface area contributed by atoms with E-state index in [-0.39, 0.29) is 31.6 Å². The van der Waals surface area contributed by atoms with Crippen molar-refractivity contribution >= 4 is 17.5 Å². The van der Waals surface area contributed by atoms with Gasteiger partial charge in [-0.3, -0.25) is 14.5 Å². The van der Waals surface area contributed by atoms with E-state index in [2.05, 4.69) is 11.4 Å². The maximum atomic E-state index is 13.8. The second kappa shape index (κ2) is 7.22. The van der Waals surface area contributed by atoms with E-state index in [0.717, 1.165) is 0 Å². The average molecular weight is 434 g/mol. The SMILES string of the molecule is CN(C)C(=O)[C@@H]1C[C@@H](O)CN1C1(c2cccc3c2OCO3)C(=O)Nc2ccc(C#N)cc21. The number of β-amino-alcohol motifs (C(OH)–C–C–N with tert-alkyl or cyclic N) is 1. The first-order valence-electron chi connectivity index (χ1n) is 10.3. The lowest BCUT2D eigenvalue weighted by atomic mass is 9.80. The highest BCUT2D eigenvalue weighted by Crippen LogP contribution is 2.53. The highest BCUT2D eigenvalue weighted by molar-refractivity contribution is 6.09. The zero-order valence-corrected chi connectivity index (χ0v) is 17.7. The number of carbonyl (C=O) groups excluding carboxylic acids is 2. The molecule has 3 atom stereocenters. The van der Waals surface area contributed by atoms with Crippen LogP contribution in [-0.2, 0) is 15.1 Å². The van der Waals surface area contributed by atoms with Crippen molar-refractivity contribution in [2.45, 2.75) is 24.1 Å². The summed E-state index contributed by atoms with van der Waals surface area (Å²) in [6.45, 7) is 0.107. The Kier molecular flexibility index (Phi) is 4.58. The molecule has 2 aromatic carbocycles. The molecule has 0 spiro atoms. The predicted octanol–water partition coefficient (Wildman–Crippen LogP) is 1.01. The van der Waals surface area contributed by atoms with Crippen LogP contribution in [0, 0.1) is 11.3 Å². The number of aliphatic hydroxyl groups is 1. The number of aliphatic hydroxyl groups excluding tert-OH is 1. The summed E-state index contributed by atoms with van der Waals surface area (Å²) in [6, 6.07) is 11.6. The van der Waals surface area contributed by atoms with Gasteiger partial charge in [-0.1, -0.05) is 12.1 Å². The number of amides is 2. The average Bonchev–Trinajstić information content (AvgIpc) is 3.48. The van der Waals surface area contributed by atoms with Crippen LogP contribution in [-0.4, -0.2) is 66.3 Å². The van der Waals surface area contributed by atoms with Crippen molar-refractivity contribution in [2.24, 2.45) is 0 Å². The van der Waals surface area contributed by atoms with Crippen LogP contribution in [0.25, 0.3) is 0 Å². The molecule has 3 aliphatic heterocycles. The molecular formula is C23H22N4O5. The maximum absolute atomic E-state index is 13.8. The number of fused-ring (bicyclic) bond motifs is 2. The summed E-state index contributed by atoms with van der Waals surface area (Å²) in [4.78, 5) is 30.2. The third-order valence-corrected chi connectivity index (χ3v) is 6.34. The van der Waals surface area contributed by atoms with E-state index in [1.54, 1.807) is 55.4 Å². The Hall–Kier alpha value is -3.61. The Morgan fingerprint density at radius 3 is 2.84 bits per heavy atom. The van der Waals surface area contributed by atoms with Crippen LogP contribution in [0.1, 0.15) is 23.1 Å². The molecule has 1 fully saturated rings.